The van der Waals surface area contributed by atoms with Crippen molar-refractivity contribution >= 4 is 28.3 Å². The lowest BCUT2D eigenvalue weighted by Gasteiger charge is -2.30. The minimum absolute atomic E-state index is 0.298. The smallest absolute Gasteiger partial charge is 0.209 e. The first-order valence-electron chi connectivity index (χ1n) is 11.6. The van der Waals surface area contributed by atoms with Gasteiger partial charge >= 0.3 is 0 Å². The van der Waals surface area contributed by atoms with Crippen LogP contribution in [0.2, 0.25) is 0 Å². The average Bonchev–Trinajstić information content (AvgIpc) is 3.36. The van der Waals surface area contributed by atoms with Crippen LogP contribution in [-0.2, 0) is 6.54 Å². The van der Waals surface area contributed by atoms with Crippen molar-refractivity contribution in [2.24, 2.45) is 5.92 Å². The van der Waals surface area contributed by atoms with Gasteiger partial charge in [-0.2, -0.15) is 0 Å². The monoisotopic (exact) mass is 452 g/mol. The molecule has 0 amide bonds. The van der Waals surface area contributed by atoms with E-state index in [2.05, 4.69) is 47.9 Å². The molecule has 170 valence electrons. The summed E-state index contributed by atoms with van der Waals surface area (Å²) in [6.45, 7) is 9.14. The third-order valence-corrected chi connectivity index (χ3v) is 7.06. The predicted molar refractivity (Wildman–Crippen MR) is 129 cm³/mol. The van der Waals surface area contributed by atoms with E-state index in [1.54, 1.807) is 17.7 Å². The highest BCUT2D eigenvalue weighted by Crippen LogP contribution is 2.31. The van der Waals surface area contributed by atoms with Crippen molar-refractivity contribution in [2.75, 3.05) is 5.32 Å². The lowest BCUT2D eigenvalue weighted by atomic mass is 9.79. The molecule has 1 aliphatic carbocycles. The van der Waals surface area contributed by atoms with Crippen molar-refractivity contribution in [1.29, 1.82) is 0 Å². The zero-order valence-electron chi connectivity index (χ0n) is 19.4. The third-order valence-electron chi connectivity index (χ3n) is 6.17. The lowest BCUT2D eigenvalue weighted by Crippen LogP contribution is -2.32. The van der Waals surface area contributed by atoms with Gasteiger partial charge in [-0.25, -0.2) is 19.9 Å². The lowest BCUT2D eigenvalue weighted by molar-refractivity contribution is 0.0410. The Kier molecular flexibility index (Phi) is 6.77. The van der Waals surface area contributed by atoms with Gasteiger partial charge in [-0.1, -0.05) is 33.1 Å². The van der Waals surface area contributed by atoms with Gasteiger partial charge < -0.3 is 15.0 Å². The van der Waals surface area contributed by atoms with Crippen molar-refractivity contribution in [2.45, 2.75) is 84.4 Å². The predicted octanol–water partition coefficient (Wildman–Crippen LogP) is 4.53. The number of aliphatic hydroxyl groups is 1. The highest BCUT2D eigenvalue weighted by molar-refractivity contribution is 7.11. The third kappa shape index (κ3) is 5.11. The minimum atomic E-state index is -0.959. The SMILES string of the molecule is CCC(CC)Nc1nc(C#C[C@]2(O)CCC[C@@H](C)C2)nc2c1ncn2Cc1cnc(C)s1. The molecular weight excluding hydrogens is 420 g/mol. The number of anilines is 1. The summed E-state index contributed by atoms with van der Waals surface area (Å²) in [5.74, 6) is 7.78. The zero-order chi connectivity index (χ0) is 22.7. The average molecular weight is 453 g/mol. The zero-order valence-corrected chi connectivity index (χ0v) is 20.2. The van der Waals surface area contributed by atoms with Gasteiger partial charge in [-0.3, -0.25) is 0 Å². The maximum Gasteiger partial charge on any atom is 0.209 e. The molecule has 0 radical (unpaired) electrons. The second-order valence-electron chi connectivity index (χ2n) is 8.93. The topological polar surface area (TPSA) is 88.8 Å². The molecule has 0 saturated heterocycles. The van der Waals surface area contributed by atoms with Gasteiger partial charge in [0.05, 0.1) is 17.9 Å². The molecule has 4 rings (SSSR count). The molecule has 0 spiro atoms. The summed E-state index contributed by atoms with van der Waals surface area (Å²) in [6.07, 6.45) is 9.22. The fourth-order valence-electron chi connectivity index (χ4n) is 4.36. The van der Waals surface area contributed by atoms with Gasteiger partial charge in [-0.05, 0) is 50.9 Å². The molecule has 8 heteroatoms. The fraction of sp³-hybridized carbons (Fsp3) is 0.583. The van der Waals surface area contributed by atoms with Gasteiger partial charge in [0.1, 0.15) is 5.60 Å². The first-order valence-corrected chi connectivity index (χ1v) is 12.4. The van der Waals surface area contributed by atoms with Crippen LogP contribution in [0.1, 0.15) is 75.0 Å². The molecule has 2 atom stereocenters. The van der Waals surface area contributed by atoms with E-state index in [9.17, 15) is 5.11 Å². The van der Waals surface area contributed by atoms with Crippen LogP contribution >= 0.6 is 11.3 Å². The number of imidazole rings is 1. The van der Waals surface area contributed by atoms with Gasteiger partial charge in [0, 0.05) is 17.1 Å². The largest absolute Gasteiger partial charge is 0.378 e. The second kappa shape index (κ2) is 9.55. The number of hydrogen-bond donors (Lipinski definition) is 2. The van der Waals surface area contributed by atoms with Crippen LogP contribution in [0, 0.1) is 24.7 Å². The van der Waals surface area contributed by atoms with E-state index < -0.39 is 5.60 Å². The molecule has 0 aliphatic heterocycles. The normalized spacial score (nSPS) is 21.0. The molecule has 0 aromatic carbocycles. The molecule has 3 aromatic heterocycles. The molecule has 0 bridgehead atoms. The van der Waals surface area contributed by atoms with Crippen LogP contribution in [-0.4, -0.2) is 41.3 Å². The van der Waals surface area contributed by atoms with E-state index >= 15 is 0 Å². The highest BCUT2D eigenvalue weighted by Gasteiger charge is 2.30. The number of hydrogen-bond acceptors (Lipinski definition) is 7. The summed E-state index contributed by atoms with van der Waals surface area (Å²) in [4.78, 5) is 19.6. The summed E-state index contributed by atoms with van der Waals surface area (Å²) in [6, 6.07) is 0.298. The van der Waals surface area contributed by atoms with Crippen molar-refractivity contribution in [1.82, 2.24) is 24.5 Å². The number of aryl methyl sites for hydroxylation is 1. The Morgan fingerprint density at radius 3 is 2.81 bits per heavy atom. The highest BCUT2D eigenvalue weighted by atomic mass is 32.1. The number of thiazole rings is 1. The molecule has 7 nitrogen and oxygen atoms in total. The number of nitrogens with one attached hydrogen (secondary N) is 1. The first kappa shape index (κ1) is 22.7. The number of fused-ring (bicyclic) bond motifs is 1. The van der Waals surface area contributed by atoms with Crippen LogP contribution < -0.4 is 5.32 Å². The molecule has 3 heterocycles. The quantitative estimate of drug-likeness (QED) is 0.534. The molecule has 32 heavy (non-hydrogen) atoms. The van der Waals surface area contributed by atoms with Crippen LogP contribution in [0.5, 0.6) is 0 Å². The Balaban J connectivity index is 1.73. The van der Waals surface area contributed by atoms with Crippen molar-refractivity contribution < 1.29 is 5.11 Å². The number of nitrogens with zero attached hydrogens (tertiary/aromatic N) is 5. The standard InChI is InChI=1S/C24H32N6OS/c1-5-18(6-2)27-22-21-23(30(15-26-21)14-19-13-25-17(4)32-19)29-20(28-22)9-11-24(31)10-7-8-16(3)12-24/h13,15-16,18,31H,5-8,10,12,14H2,1-4H3,(H,27,28,29)/t16-,24-/m1/s1. The van der Waals surface area contributed by atoms with Gasteiger partial charge in [0.15, 0.2) is 17.0 Å². The van der Waals surface area contributed by atoms with Gasteiger partial charge in [0.25, 0.3) is 0 Å². The van der Waals surface area contributed by atoms with Crippen molar-refractivity contribution in [3.63, 3.8) is 0 Å². The molecule has 1 saturated carbocycles. The summed E-state index contributed by atoms with van der Waals surface area (Å²) >= 11 is 1.67. The Morgan fingerprint density at radius 2 is 2.12 bits per heavy atom. The Labute approximate surface area is 193 Å². The van der Waals surface area contributed by atoms with Crippen LogP contribution in [0.4, 0.5) is 5.82 Å². The number of aromatic nitrogens is 5. The Bertz CT molecular complexity index is 1140. The summed E-state index contributed by atoms with van der Waals surface area (Å²) in [5.41, 5.74) is 0.529. The summed E-state index contributed by atoms with van der Waals surface area (Å²) < 4.78 is 2.02. The molecular formula is C24H32N6OS. The van der Waals surface area contributed by atoms with E-state index in [4.69, 9.17) is 9.97 Å². The Hall–Kier alpha value is -2.50. The second-order valence-corrected chi connectivity index (χ2v) is 10.2. The molecule has 0 unspecified atom stereocenters. The van der Waals surface area contributed by atoms with Gasteiger partial charge in [-0.15, -0.1) is 11.3 Å². The van der Waals surface area contributed by atoms with Gasteiger partial charge in [0.2, 0.25) is 5.82 Å². The molecule has 1 fully saturated rings. The fourth-order valence-corrected chi connectivity index (χ4v) is 5.15. The van der Waals surface area contributed by atoms with Crippen LogP contribution in [0.3, 0.4) is 0 Å². The van der Waals surface area contributed by atoms with E-state index in [0.717, 1.165) is 46.7 Å². The number of rotatable bonds is 6. The first-order chi connectivity index (χ1) is 15.4. The summed E-state index contributed by atoms with van der Waals surface area (Å²) in [5, 5.41) is 15.5. The van der Waals surface area contributed by atoms with E-state index in [1.807, 2.05) is 17.7 Å². The summed E-state index contributed by atoms with van der Waals surface area (Å²) in [7, 11) is 0. The van der Waals surface area contributed by atoms with E-state index in [0.29, 0.717) is 43.0 Å². The molecule has 2 N–H and O–H groups in total. The maximum absolute atomic E-state index is 11.0. The van der Waals surface area contributed by atoms with Crippen LogP contribution in [0.25, 0.3) is 11.2 Å². The molecule has 1 aliphatic rings. The van der Waals surface area contributed by atoms with E-state index in [-0.39, 0.29) is 0 Å². The maximum atomic E-state index is 11.0. The van der Waals surface area contributed by atoms with Crippen LogP contribution in [0.15, 0.2) is 12.5 Å². The molecule has 3 aromatic rings. The Morgan fingerprint density at radius 1 is 1.31 bits per heavy atom. The van der Waals surface area contributed by atoms with Crippen molar-refractivity contribution in [3.05, 3.63) is 28.2 Å². The minimum Gasteiger partial charge on any atom is -0.378 e. The van der Waals surface area contributed by atoms with Crippen molar-refractivity contribution in [3.8, 4) is 11.8 Å². The van der Waals surface area contributed by atoms with E-state index in [1.165, 1.54) is 0 Å².